The number of benzene rings is 1. The fourth-order valence-electron chi connectivity index (χ4n) is 3.19. The van der Waals surface area contributed by atoms with Crippen molar-refractivity contribution in [2.45, 2.75) is 26.6 Å². The molecular formula is C20H28N6S. The maximum atomic E-state index is 4.64. The van der Waals surface area contributed by atoms with Crippen LogP contribution in [0.4, 0.5) is 0 Å². The van der Waals surface area contributed by atoms with Crippen LogP contribution in [-0.2, 0) is 7.05 Å². The van der Waals surface area contributed by atoms with Crippen LogP contribution in [0.25, 0.3) is 17.1 Å². The first-order valence-electron chi connectivity index (χ1n) is 9.18. The quantitative estimate of drug-likeness (QED) is 0.389. The first kappa shape index (κ1) is 19.8. The van der Waals surface area contributed by atoms with Crippen molar-refractivity contribution in [2.75, 3.05) is 19.0 Å². The number of thioether (sulfide) groups is 1. The number of aryl methyl sites for hydroxylation is 2. The molecule has 3 rings (SSSR count). The van der Waals surface area contributed by atoms with Gasteiger partial charge in [0.2, 0.25) is 0 Å². The standard InChI is InChI=1S/C20H28N6S/c1-14-6-7-16(15(2)10-14)19-24-11-18(26(19)4)17(21-3)12-27-13-25-20-22-8-5-9-23-20/h6-7,10-12,20,22-23,25H,3,5,8-9,13H2,1-2,4H3/b17-12-. The molecule has 0 aliphatic carbocycles. The minimum absolute atomic E-state index is 0.174. The van der Waals surface area contributed by atoms with Crippen molar-refractivity contribution in [1.29, 1.82) is 0 Å². The van der Waals surface area contributed by atoms with Gasteiger partial charge in [0, 0.05) is 23.9 Å². The molecule has 0 bridgehead atoms. The molecular weight excluding hydrogens is 356 g/mol. The van der Waals surface area contributed by atoms with Gasteiger partial charge in [0.1, 0.15) is 12.1 Å². The Hall–Kier alpha value is -1.93. The van der Waals surface area contributed by atoms with E-state index in [0.717, 1.165) is 41.7 Å². The van der Waals surface area contributed by atoms with E-state index in [0.29, 0.717) is 0 Å². The minimum Gasteiger partial charge on any atom is -0.326 e. The van der Waals surface area contributed by atoms with E-state index in [4.69, 9.17) is 0 Å². The Balaban J connectivity index is 1.70. The van der Waals surface area contributed by atoms with E-state index in [-0.39, 0.29) is 6.29 Å². The Bertz CT molecular complexity index is 820. The number of hydrogen-bond acceptors (Lipinski definition) is 6. The molecule has 1 saturated heterocycles. The van der Waals surface area contributed by atoms with Gasteiger partial charge in [0.15, 0.2) is 0 Å². The second kappa shape index (κ2) is 9.32. The van der Waals surface area contributed by atoms with Gasteiger partial charge in [0.05, 0.1) is 17.6 Å². The average Bonchev–Trinajstić information content (AvgIpc) is 3.04. The lowest BCUT2D eigenvalue weighted by atomic mass is 10.1. The first-order chi connectivity index (χ1) is 13.1. The van der Waals surface area contributed by atoms with E-state index >= 15 is 0 Å². The fraction of sp³-hybridized carbons (Fsp3) is 0.400. The zero-order chi connectivity index (χ0) is 19.2. The van der Waals surface area contributed by atoms with Crippen LogP contribution in [0.3, 0.4) is 0 Å². The molecule has 2 heterocycles. The number of nitrogens with zero attached hydrogens (tertiary/aromatic N) is 3. The summed E-state index contributed by atoms with van der Waals surface area (Å²) < 4.78 is 2.08. The van der Waals surface area contributed by atoms with Crippen molar-refractivity contribution in [3.05, 3.63) is 46.6 Å². The monoisotopic (exact) mass is 384 g/mol. The second-order valence-corrected chi connectivity index (χ2v) is 7.57. The molecule has 0 spiro atoms. The van der Waals surface area contributed by atoms with E-state index < -0.39 is 0 Å². The summed E-state index contributed by atoms with van der Waals surface area (Å²) in [5.41, 5.74) is 5.41. The number of imidazole rings is 1. The van der Waals surface area contributed by atoms with E-state index in [9.17, 15) is 0 Å². The lowest BCUT2D eigenvalue weighted by Crippen LogP contribution is -2.56. The Morgan fingerprint density at radius 1 is 1.41 bits per heavy atom. The molecule has 7 heteroatoms. The highest BCUT2D eigenvalue weighted by Crippen LogP contribution is 2.27. The van der Waals surface area contributed by atoms with Gasteiger partial charge in [-0.15, -0.1) is 11.8 Å². The molecule has 1 aliphatic rings. The van der Waals surface area contributed by atoms with Crippen molar-refractivity contribution in [2.24, 2.45) is 12.0 Å². The zero-order valence-corrected chi connectivity index (χ0v) is 17.1. The van der Waals surface area contributed by atoms with Crippen molar-refractivity contribution >= 4 is 24.2 Å². The predicted molar refractivity (Wildman–Crippen MR) is 116 cm³/mol. The SMILES string of the molecule is C=N/C(=C\SCNC1NCCCN1)c1cnc(-c2ccc(C)cc2C)n1C. The summed E-state index contributed by atoms with van der Waals surface area (Å²) in [6.45, 7) is 10.0. The smallest absolute Gasteiger partial charge is 0.140 e. The number of rotatable bonds is 7. The number of aliphatic imine (C=N–C) groups is 1. The Labute approximate surface area is 165 Å². The molecule has 0 atom stereocenters. The highest BCUT2D eigenvalue weighted by molar-refractivity contribution is 8.02. The van der Waals surface area contributed by atoms with Crippen molar-refractivity contribution < 1.29 is 0 Å². The average molecular weight is 385 g/mol. The molecule has 0 saturated carbocycles. The molecule has 6 nitrogen and oxygen atoms in total. The first-order valence-corrected chi connectivity index (χ1v) is 10.2. The van der Waals surface area contributed by atoms with Gasteiger partial charge in [-0.3, -0.25) is 20.9 Å². The van der Waals surface area contributed by atoms with Gasteiger partial charge in [-0.1, -0.05) is 23.8 Å². The van der Waals surface area contributed by atoms with Crippen LogP contribution >= 0.6 is 11.8 Å². The van der Waals surface area contributed by atoms with Crippen LogP contribution in [0.5, 0.6) is 0 Å². The van der Waals surface area contributed by atoms with E-state index in [1.807, 2.05) is 18.7 Å². The number of aromatic nitrogens is 2. The zero-order valence-electron chi connectivity index (χ0n) is 16.2. The van der Waals surface area contributed by atoms with E-state index in [1.165, 1.54) is 17.5 Å². The second-order valence-electron chi connectivity index (χ2n) is 6.72. The topological polar surface area (TPSA) is 66.3 Å². The number of hydrogen-bond donors (Lipinski definition) is 3. The van der Waals surface area contributed by atoms with Gasteiger partial charge in [0.25, 0.3) is 0 Å². The van der Waals surface area contributed by atoms with Crippen molar-refractivity contribution in [3.8, 4) is 11.4 Å². The summed E-state index contributed by atoms with van der Waals surface area (Å²) >= 11 is 1.67. The van der Waals surface area contributed by atoms with Gasteiger partial charge < -0.3 is 4.57 Å². The maximum Gasteiger partial charge on any atom is 0.140 e. The molecule has 1 aromatic heterocycles. The maximum absolute atomic E-state index is 4.64. The highest BCUT2D eigenvalue weighted by atomic mass is 32.2. The van der Waals surface area contributed by atoms with Crippen LogP contribution in [-0.4, -0.2) is 41.5 Å². The van der Waals surface area contributed by atoms with Gasteiger partial charge in [-0.25, -0.2) is 4.98 Å². The number of nitrogens with one attached hydrogen (secondary N) is 3. The molecule has 144 valence electrons. The van der Waals surface area contributed by atoms with Crippen LogP contribution in [0.15, 0.2) is 34.8 Å². The molecule has 1 fully saturated rings. The Morgan fingerprint density at radius 2 is 2.19 bits per heavy atom. The highest BCUT2D eigenvalue weighted by Gasteiger charge is 2.14. The summed E-state index contributed by atoms with van der Waals surface area (Å²) in [4.78, 5) is 8.85. The van der Waals surface area contributed by atoms with E-state index in [2.05, 4.69) is 69.3 Å². The lowest BCUT2D eigenvalue weighted by molar-refractivity contribution is 0.329. The third-order valence-corrected chi connectivity index (χ3v) is 5.38. The van der Waals surface area contributed by atoms with Crippen LogP contribution in [0.1, 0.15) is 23.2 Å². The molecule has 2 aromatic rings. The summed E-state index contributed by atoms with van der Waals surface area (Å²) in [6, 6.07) is 6.43. The van der Waals surface area contributed by atoms with Crippen LogP contribution < -0.4 is 16.0 Å². The van der Waals surface area contributed by atoms with E-state index in [1.54, 1.807) is 11.8 Å². The predicted octanol–water partition coefficient (Wildman–Crippen LogP) is 2.85. The molecule has 1 aromatic carbocycles. The molecule has 3 N–H and O–H groups in total. The molecule has 0 amide bonds. The van der Waals surface area contributed by atoms with Gasteiger partial charge >= 0.3 is 0 Å². The molecule has 0 radical (unpaired) electrons. The fourth-order valence-corrected chi connectivity index (χ4v) is 3.89. The van der Waals surface area contributed by atoms with Gasteiger partial charge in [-0.2, -0.15) is 0 Å². The summed E-state index contributed by atoms with van der Waals surface area (Å²) in [5.74, 6) is 1.72. The lowest BCUT2D eigenvalue weighted by Gasteiger charge is -2.25. The van der Waals surface area contributed by atoms with Gasteiger partial charge in [-0.05, 0) is 45.6 Å². The largest absolute Gasteiger partial charge is 0.326 e. The molecule has 27 heavy (non-hydrogen) atoms. The Morgan fingerprint density at radius 3 is 2.89 bits per heavy atom. The molecule has 1 aliphatic heterocycles. The molecule has 0 unspecified atom stereocenters. The summed E-state index contributed by atoms with van der Waals surface area (Å²) in [7, 11) is 2.02. The van der Waals surface area contributed by atoms with Crippen molar-refractivity contribution in [3.63, 3.8) is 0 Å². The summed E-state index contributed by atoms with van der Waals surface area (Å²) in [5, 5.41) is 12.2. The third-order valence-electron chi connectivity index (χ3n) is 4.66. The third kappa shape index (κ3) is 4.87. The minimum atomic E-state index is 0.174. The Kier molecular flexibility index (Phi) is 6.84. The summed E-state index contributed by atoms with van der Waals surface area (Å²) in [6.07, 6.45) is 3.21. The van der Waals surface area contributed by atoms with Crippen molar-refractivity contribution in [1.82, 2.24) is 25.5 Å². The van der Waals surface area contributed by atoms with Crippen LogP contribution in [0.2, 0.25) is 0 Å². The normalized spacial score (nSPS) is 15.9. The van der Waals surface area contributed by atoms with Crippen LogP contribution in [0, 0.1) is 13.8 Å².